The summed E-state index contributed by atoms with van der Waals surface area (Å²) in [6, 6.07) is 14.1. The first-order valence-electron chi connectivity index (χ1n) is 8.21. The highest BCUT2D eigenvalue weighted by atomic mass is 16.5. The molecule has 4 heteroatoms. The number of nitrogens with one attached hydrogen (secondary N) is 1. The van der Waals surface area contributed by atoms with Crippen LogP contribution in [-0.2, 0) is 16.0 Å². The number of benzene rings is 1. The van der Waals surface area contributed by atoms with Crippen LogP contribution in [0.2, 0.25) is 0 Å². The van der Waals surface area contributed by atoms with Gasteiger partial charge in [0.2, 0.25) is 5.91 Å². The van der Waals surface area contributed by atoms with Gasteiger partial charge in [-0.25, -0.2) is 0 Å². The van der Waals surface area contributed by atoms with Crippen LogP contribution in [-0.4, -0.2) is 19.1 Å². The molecule has 2 aromatic rings. The summed E-state index contributed by atoms with van der Waals surface area (Å²) in [6.07, 6.45) is 2.17. The van der Waals surface area contributed by atoms with Crippen LogP contribution in [0, 0.1) is 12.8 Å². The summed E-state index contributed by atoms with van der Waals surface area (Å²) in [7, 11) is 0. The molecule has 1 amide bonds. The van der Waals surface area contributed by atoms with Gasteiger partial charge in [-0.3, -0.25) is 4.79 Å². The monoisotopic (exact) mass is 313 g/mol. The van der Waals surface area contributed by atoms with Crippen LogP contribution in [0.25, 0.3) is 0 Å². The van der Waals surface area contributed by atoms with Gasteiger partial charge in [0.1, 0.15) is 11.5 Å². The largest absolute Gasteiger partial charge is 0.466 e. The van der Waals surface area contributed by atoms with Crippen LogP contribution in [0.5, 0.6) is 0 Å². The van der Waals surface area contributed by atoms with E-state index in [9.17, 15) is 4.79 Å². The maximum atomic E-state index is 12.0. The number of amides is 1. The number of aryl methyl sites for hydroxylation is 2. The van der Waals surface area contributed by atoms with Crippen molar-refractivity contribution >= 4 is 5.91 Å². The number of hydrogen-bond donors (Lipinski definition) is 1. The van der Waals surface area contributed by atoms with E-state index in [4.69, 9.17) is 9.15 Å². The second-order valence-electron chi connectivity index (χ2n) is 6.07. The highest BCUT2D eigenvalue weighted by Crippen LogP contribution is 2.33. The molecular formula is C19H23NO3. The second-order valence-corrected chi connectivity index (χ2v) is 6.07. The van der Waals surface area contributed by atoms with Gasteiger partial charge in [0, 0.05) is 31.9 Å². The first-order valence-corrected chi connectivity index (χ1v) is 8.21. The van der Waals surface area contributed by atoms with Gasteiger partial charge in [-0.15, -0.1) is 0 Å². The van der Waals surface area contributed by atoms with Crippen molar-refractivity contribution in [2.75, 3.05) is 13.2 Å². The average molecular weight is 313 g/mol. The lowest BCUT2D eigenvalue weighted by Gasteiger charge is -2.19. The van der Waals surface area contributed by atoms with E-state index < -0.39 is 0 Å². The molecule has 0 aliphatic carbocycles. The summed E-state index contributed by atoms with van der Waals surface area (Å²) in [5, 5.41) is 3.04. The molecule has 1 aromatic carbocycles. The minimum absolute atomic E-state index is 0.0674. The molecule has 0 radical (unpaired) electrons. The topological polar surface area (TPSA) is 51.5 Å². The number of hydrogen-bond acceptors (Lipinski definition) is 3. The molecular weight excluding hydrogens is 290 g/mol. The van der Waals surface area contributed by atoms with E-state index in [2.05, 4.69) is 17.4 Å². The molecule has 1 fully saturated rings. The van der Waals surface area contributed by atoms with Crippen molar-refractivity contribution in [2.45, 2.75) is 32.3 Å². The van der Waals surface area contributed by atoms with E-state index in [0.29, 0.717) is 25.3 Å². The highest BCUT2D eigenvalue weighted by Gasteiger charge is 2.29. The van der Waals surface area contributed by atoms with Crippen LogP contribution in [0.15, 0.2) is 46.9 Å². The van der Waals surface area contributed by atoms with Crippen molar-refractivity contribution in [3.05, 3.63) is 59.5 Å². The molecule has 1 aromatic heterocycles. The first-order chi connectivity index (χ1) is 11.2. The smallest absolute Gasteiger partial charge is 0.220 e. The van der Waals surface area contributed by atoms with E-state index in [-0.39, 0.29) is 12.0 Å². The Morgan fingerprint density at radius 3 is 2.78 bits per heavy atom. The van der Waals surface area contributed by atoms with Crippen LogP contribution < -0.4 is 5.32 Å². The third-order valence-electron chi connectivity index (χ3n) is 4.30. The summed E-state index contributed by atoms with van der Waals surface area (Å²) < 4.78 is 11.3. The molecule has 0 spiro atoms. The number of rotatable bonds is 6. The van der Waals surface area contributed by atoms with E-state index >= 15 is 0 Å². The van der Waals surface area contributed by atoms with E-state index in [0.717, 1.165) is 24.5 Å². The summed E-state index contributed by atoms with van der Waals surface area (Å²) in [6.45, 7) is 3.33. The molecule has 1 aliphatic rings. The Hall–Kier alpha value is -2.07. The van der Waals surface area contributed by atoms with Crippen molar-refractivity contribution in [1.29, 1.82) is 0 Å². The van der Waals surface area contributed by atoms with Crippen molar-refractivity contribution in [1.82, 2.24) is 5.32 Å². The van der Waals surface area contributed by atoms with Gasteiger partial charge >= 0.3 is 0 Å². The fourth-order valence-corrected chi connectivity index (χ4v) is 3.04. The van der Waals surface area contributed by atoms with Crippen LogP contribution >= 0.6 is 0 Å². The number of ether oxygens (including phenoxy) is 1. The molecule has 1 saturated heterocycles. The Balaban J connectivity index is 1.46. The van der Waals surface area contributed by atoms with Crippen LogP contribution in [0.3, 0.4) is 0 Å². The molecule has 122 valence electrons. The first kappa shape index (κ1) is 15.8. The molecule has 4 nitrogen and oxygen atoms in total. The fourth-order valence-electron chi connectivity index (χ4n) is 3.04. The van der Waals surface area contributed by atoms with Gasteiger partial charge < -0.3 is 14.5 Å². The summed E-state index contributed by atoms with van der Waals surface area (Å²) in [4.78, 5) is 12.0. The fraction of sp³-hybridized carbons (Fsp3) is 0.421. The minimum Gasteiger partial charge on any atom is -0.466 e. The maximum absolute atomic E-state index is 12.0. The Morgan fingerprint density at radius 2 is 2.04 bits per heavy atom. The maximum Gasteiger partial charge on any atom is 0.220 e. The van der Waals surface area contributed by atoms with E-state index in [1.807, 2.05) is 37.3 Å². The third-order valence-corrected chi connectivity index (χ3v) is 4.30. The molecule has 0 unspecified atom stereocenters. The number of furan rings is 1. The van der Waals surface area contributed by atoms with Gasteiger partial charge in [-0.05, 0) is 31.0 Å². The molecule has 2 atom stereocenters. The zero-order chi connectivity index (χ0) is 16.1. The van der Waals surface area contributed by atoms with E-state index in [1.165, 1.54) is 5.56 Å². The van der Waals surface area contributed by atoms with Crippen molar-refractivity contribution < 1.29 is 13.9 Å². The lowest BCUT2D eigenvalue weighted by atomic mass is 9.95. The Labute approximate surface area is 136 Å². The molecule has 0 saturated carbocycles. The Bertz CT molecular complexity index is 635. The Kier molecular flexibility index (Phi) is 5.13. The zero-order valence-electron chi connectivity index (χ0n) is 13.5. The van der Waals surface area contributed by atoms with Crippen molar-refractivity contribution in [3.8, 4) is 0 Å². The standard InChI is InChI=1S/C19H23NO3/c1-14-7-8-17(23-14)9-10-18(21)20-13-16-11-12-22-19(16)15-5-3-2-4-6-15/h2-8,16,19H,9-13H2,1H3,(H,20,21)/t16-,19-/m1/s1. The third kappa shape index (κ3) is 4.23. The number of carbonyl (C=O) groups excluding carboxylic acids is 1. The van der Waals surface area contributed by atoms with Crippen LogP contribution in [0.1, 0.15) is 36.0 Å². The van der Waals surface area contributed by atoms with Gasteiger partial charge in [0.05, 0.1) is 6.10 Å². The predicted molar refractivity (Wildman–Crippen MR) is 88.0 cm³/mol. The van der Waals surface area contributed by atoms with Gasteiger partial charge in [0.25, 0.3) is 0 Å². The summed E-state index contributed by atoms with van der Waals surface area (Å²) >= 11 is 0. The molecule has 0 bridgehead atoms. The van der Waals surface area contributed by atoms with E-state index in [1.54, 1.807) is 0 Å². The normalized spacial score (nSPS) is 20.6. The van der Waals surface area contributed by atoms with Crippen molar-refractivity contribution in [2.24, 2.45) is 5.92 Å². The average Bonchev–Trinajstić information content (AvgIpc) is 3.20. The molecule has 23 heavy (non-hydrogen) atoms. The quantitative estimate of drug-likeness (QED) is 0.889. The second kappa shape index (κ2) is 7.47. The lowest BCUT2D eigenvalue weighted by molar-refractivity contribution is -0.121. The zero-order valence-corrected chi connectivity index (χ0v) is 13.5. The highest BCUT2D eigenvalue weighted by molar-refractivity contribution is 5.76. The van der Waals surface area contributed by atoms with Crippen molar-refractivity contribution in [3.63, 3.8) is 0 Å². The predicted octanol–water partition coefficient (Wildman–Crippen LogP) is 3.41. The Morgan fingerprint density at radius 1 is 1.22 bits per heavy atom. The van der Waals surface area contributed by atoms with Gasteiger partial charge in [0.15, 0.2) is 0 Å². The summed E-state index contributed by atoms with van der Waals surface area (Å²) in [5.41, 5.74) is 1.19. The lowest BCUT2D eigenvalue weighted by Crippen LogP contribution is -2.30. The van der Waals surface area contributed by atoms with Crippen LogP contribution in [0.4, 0.5) is 0 Å². The molecule has 1 aliphatic heterocycles. The van der Waals surface area contributed by atoms with Gasteiger partial charge in [-0.2, -0.15) is 0 Å². The van der Waals surface area contributed by atoms with Gasteiger partial charge in [-0.1, -0.05) is 30.3 Å². The summed E-state index contributed by atoms with van der Waals surface area (Å²) in [5.74, 6) is 2.16. The molecule has 3 rings (SSSR count). The molecule has 2 heterocycles. The number of carbonyl (C=O) groups is 1. The molecule has 1 N–H and O–H groups in total. The minimum atomic E-state index is 0.0674. The SMILES string of the molecule is Cc1ccc(CCC(=O)NC[C@H]2CCO[C@@H]2c2ccccc2)o1.